The van der Waals surface area contributed by atoms with Gasteiger partial charge in [0, 0.05) is 17.1 Å². The lowest BCUT2D eigenvalue weighted by atomic mass is 9.97. The number of oxazole rings is 1. The zero-order chi connectivity index (χ0) is 17.3. The monoisotopic (exact) mass is 330 g/mol. The number of aromatic nitrogens is 1. The molecular weight excluding hydrogens is 308 g/mol. The Morgan fingerprint density at radius 2 is 2.04 bits per heavy atom. The number of carbonyl (C=O) groups is 2. The number of rotatable bonds is 4. The zero-order valence-electron chi connectivity index (χ0n) is 14.1. The molecule has 0 unspecified atom stereocenters. The standard InChI is InChI=1S/C17H22N4O3/c1-17(2,3)15-21-12-8-11(6-7-13(12)24-15)19-14(22)9-18-16(23)20-10-4-5-10/h6-8,10H,4-5,9H2,1-3H3,(H,19,22)(H2,18,20,23). The van der Waals surface area contributed by atoms with E-state index in [1.165, 1.54) is 0 Å². The molecule has 3 rings (SSSR count). The van der Waals surface area contributed by atoms with Gasteiger partial charge in [-0.1, -0.05) is 20.8 Å². The Hall–Kier alpha value is -2.57. The maximum absolute atomic E-state index is 11.9. The fourth-order valence-electron chi connectivity index (χ4n) is 2.16. The van der Waals surface area contributed by atoms with Gasteiger partial charge in [0.15, 0.2) is 5.58 Å². The second kappa shape index (κ2) is 6.14. The van der Waals surface area contributed by atoms with Crippen LogP contribution in [-0.4, -0.2) is 29.5 Å². The lowest BCUT2D eigenvalue weighted by Crippen LogP contribution is -2.40. The normalized spacial score (nSPS) is 14.5. The van der Waals surface area contributed by atoms with Crippen LogP contribution in [0.15, 0.2) is 22.6 Å². The third-order valence-electron chi connectivity index (χ3n) is 3.63. The van der Waals surface area contributed by atoms with E-state index in [4.69, 9.17) is 4.42 Å². The van der Waals surface area contributed by atoms with Gasteiger partial charge in [0.05, 0.1) is 6.54 Å². The first kappa shape index (κ1) is 16.3. The van der Waals surface area contributed by atoms with Gasteiger partial charge in [0.2, 0.25) is 11.8 Å². The molecular formula is C17H22N4O3. The largest absolute Gasteiger partial charge is 0.440 e. The average molecular weight is 330 g/mol. The summed E-state index contributed by atoms with van der Waals surface area (Å²) in [6.07, 6.45) is 2.02. The molecule has 3 N–H and O–H groups in total. The number of anilines is 1. The zero-order valence-corrected chi connectivity index (χ0v) is 14.1. The Balaban J connectivity index is 1.59. The molecule has 1 fully saturated rings. The summed E-state index contributed by atoms with van der Waals surface area (Å²) in [4.78, 5) is 27.9. The van der Waals surface area contributed by atoms with Crippen LogP contribution in [0.3, 0.4) is 0 Å². The lowest BCUT2D eigenvalue weighted by molar-refractivity contribution is -0.115. The molecule has 7 heteroatoms. The molecule has 1 aromatic carbocycles. The van der Waals surface area contributed by atoms with E-state index in [-0.39, 0.29) is 29.9 Å². The van der Waals surface area contributed by atoms with Crippen molar-refractivity contribution in [3.05, 3.63) is 24.1 Å². The van der Waals surface area contributed by atoms with E-state index < -0.39 is 0 Å². The number of carbonyl (C=O) groups excluding carboxylic acids is 2. The van der Waals surface area contributed by atoms with E-state index >= 15 is 0 Å². The van der Waals surface area contributed by atoms with Crippen molar-refractivity contribution in [1.82, 2.24) is 15.6 Å². The molecule has 128 valence electrons. The summed E-state index contributed by atoms with van der Waals surface area (Å²) in [6, 6.07) is 5.24. The summed E-state index contributed by atoms with van der Waals surface area (Å²) in [7, 11) is 0. The summed E-state index contributed by atoms with van der Waals surface area (Å²) >= 11 is 0. The Morgan fingerprint density at radius 1 is 1.29 bits per heavy atom. The van der Waals surface area contributed by atoms with Gasteiger partial charge < -0.3 is 20.4 Å². The molecule has 1 aliphatic rings. The highest BCUT2D eigenvalue weighted by Crippen LogP contribution is 2.27. The van der Waals surface area contributed by atoms with Crippen LogP contribution >= 0.6 is 0 Å². The van der Waals surface area contributed by atoms with Crippen molar-refractivity contribution in [3.8, 4) is 0 Å². The van der Waals surface area contributed by atoms with Crippen molar-refractivity contribution in [2.45, 2.75) is 45.1 Å². The van der Waals surface area contributed by atoms with Crippen LogP contribution in [0, 0.1) is 0 Å². The van der Waals surface area contributed by atoms with E-state index in [0.717, 1.165) is 12.8 Å². The number of nitrogens with one attached hydrogen (secondary N) is 3. The highest BCUT2D eigenvalue weighted by atomic mass is 16.3. The minimum atomic E-state index is -0.311. The molecule has 24 heavy (non-hydrogen) atoms. The van der Waals surface area contributed by atoms with Crippen LogP contribution in [0.1, 0.15) is 39.5 Å². The Bertz CT molecular complexity index is 772. The van der Waals surface area contributed by atoms with Crippen LogP contribution in [0.4, 0.5) is 10.5 Å². The molecule has 1 aliphatic carbocycles. The smallest absolute Gasteiger partial charge is 0.315 e. The first-order chi connectivity index (χ1) is 11.3. The highest BCUT2D eigenvalue weighted by Gasteiger charge is 2.23. The van der Waals surface area contributed by atoms with E-state index in [1.807, 2.05) is 20.8 Å². The van der Waals surface area contributed by atoms with Gasteiger partial charge in [-0.05, 0) is 31.0 Å². The average Bonchev–Trinajstić information content (AvgIpc) is 3.19. The first-order valence-electron chi connectivity index (χ1n) is 8.06. The molecule has 0 aliphatic heterocycles. The van der Waals surface area contributed by atoms with Crippen molar-refractivity contribution in [1.29, 1.82) is 0 Å². The van der Waals surface area contributed by atoms with Crippen LogP contribution in [-0.2, 0) is 10.2 Å². The van der Waals surface area contributed by atoms with Gasteiger partial charge in [-0.25, -0.2) is 9.78 Å². The summed E-state index contributed by atoms with van der Waals surface area (Å²) in [6.45, 7) is 6.00. The van der Waals surface area contributed by atoms with Crippen molar-refractivity contribution < 1.29 is 14.0 Å². The maximum atomic E-state index is 11.9. The Kier molecular flexibility index (Phi) is 4.17. The minimum absolute atomic E-state index is 0.0807. The lowest BCUT2D eigenvalue weighted by Gasteiger charge is -2.11. The molecule has 0 radical (unpaired) electrons. The molecule has 1 aromatic heterocycles. The van der Waals surface area contributed by atoms with Gasteiger partial charge in [0.25, 0.3) is 0 Å². The van der Waals surface area contributed by atoms with Crippen molar-refractivity contribution in [2.24, 2.45) is 0 Å². The van der Waals surface area contributed by atoms with Crippen molar-refractivity contribution in [3.63, 3.8) is 0 Å². The summed E-state index contributed by atoms with van der Waals surface area (Å²) in [5.41, 5.74) is 1.81. The van der Waals surface area contributed by atoms with Crippen molar-refractivity contribution in [2.75, 3.05) is 11.9 Å². The molecule has 2 aromatic rings. The number of benzene rings is 1. The predicted octanol–water partition coefficient (Wildman–Crippen LogP) is 2.53. The summed E-state index contributed by atoms with van der Waals surface area (Å²) in [5, 5.41) is 8.04. The van der Waals surface area contributed by atoms with Gasteiger partial charge in [-0.15, -0.1) is 0 Å². The quantitative estimate of drug-likeness (QED) is 0.802. The number of hydrogen-bond acceptors (Lipinski definition) is 4. The van der Waals surface area contributed by atoms with Gasteiger partial charge >= 0.3 is 6.03 Å². The molecule has 0 atom stereocenters. The van der Waals surface area contributed by atoms with E-state index in [0.29, 0.717) is 22.7 Å². The Labute approximate surface area is 140 Å². The van der Waals surface area contributed by atoms with Crippen LogP contribution < -0.4 is 16.0 Å². The molecule has 7 nitrogen and oxygen atoms in total. The number of urea groups is 1. The van der Waals surface area contributed by atoms with Crippen molar-refractivity contribution >= 4 is 28.7 Å². The maximum Gasteiger partial charge on any atom is 0.315 e. The fourth-order valence-corrected chi connectivity index (χ4v) is 2.16. The molecule has 0 spiro atoms. The fraction of sp³-hybridized carbons (Fsp3) is 0.471. The van der Waals surface area contributed by atoms with Crippen LogP contribution in [0.25, 0.3) is 11.1 Å². The topological polar surface area (TPSA) is 96.3 Å². The predicted molar refractivity (Wildman–Crippen MR) is 90.9 cm³/mol. The summed E-state index contributed by atoms with van der Waals surface area (Å²) < 4.78 is 5.73. The van der Waals surface area contributed by atoms with Gasteiger partial charge in [-0.3, -0.25) is 4.79 Å². The Morgan fingerprint density at radius 3 is 2.71 bits per heavy atom. The molecule has 0 bridgehead atoms. The molecule has 1 heterocycles. The van der Waals surface area contributed by atoms with E-state index in [1.54, 1.807) is 18.2 Å². The SMILES string of the molecule is CC(C)(C)c1nc2cc(NC(=O)CNC(=O)NC3CC3)ccc2o1. The third-order valence-corrected chi connectivity index (χ3v) is 3.63. The minimum Gasteiger partial charge on any atom is -0.440 e. The first-order valence-corrected chi connectivity index (χ1v) is 8.06. The summed E-state index contributed by atoms with van der Waals surface area (Å²) in [5.74, 6) is 0.360. The number of hydrogen-bond donors (Lipinski definition) is 3. The number of amides is 3. The second-order valence-corrected chi connectivity index (χ2v) is 7.10. The van der Waals surface area contributed by atoms with Gasteiger partial charge in [0.1, 0.15) is 5.52 Å². The molecule has 0 saturated heterocycles. The van der Waals surface area contributed by atoms with E-state index in [9.17, 15) is 9.59 Å². The highest BCUT2D eigenvalue weighted by molar-refractivity contribution is 5.95. The second-order valence-electron chi connectivity index (χ2n) is 7.10. The van der Waals surface area contributed by atoms with Crippen LogP contribution in [0.5, 0.6) is 0 Å². The third kappa shape index (κ3) is 4.04. The number of nitrogens with zero attached hydrogens (tertiary/aromatic N) is 1. The number of fused-ring (bicyclic) bond motifs is 1. The van der Waals surface area contributed by atoms with Crippen LogP contribution in [0.2, 0.25) is 0 Å². The molecule has 3 amide bonds. The molecule has 1 saturated carbocycles. The van der Waals surface area contributed by atoms with E-state index in [2.05, 4.69) is 20.9 Å². The van der Waals surface area contributed by atoms with Gasteiger partial charge in [-0.2, -0.15) is 0 Å².